The quantitative estimate of drug-likeness (QED) is 0.311. The van der Waals surface area contributed by atoms with E-state index in [0.29, 0.717) is 32.3 Å². The van der Waals surface area contributed by atoms with Crippen LogP contribution < -0.4 is 20.1 Å². The summed E-state index contributed by atoms with van der Waals surface area (Å²) in [4.78, 5) is 5.56. The maximum atomic E-state index is 10.7. The molecule has 0 spiro atoms. The molecule has 28 heavy (non-hydrogen) atoms. The summed E-state index contributed by atoms with van der Waals surface area (Å²) in [6, 6.07) is 9.80. The molecule has 0 aliphatic carbocycles. The van der Waals surface area contributed by atoms with Crippen LogP contribution in [0.3, 0.4) is 0 Å². The number of benzene rings is 1. The third-order valence-corrected chi connectivity index (χ3v) is 5.35. The van der Waals surface area contributed by atoms with Crippen molar-refractivity contribution in [3.63, 3.8) is 0 Å². The second-order valence-electron chi connectivity index (χ2n) is 6.63. The zero-order valence-corrected chi connectivity index (χ0v) is 19.4. The lowest BCUT2D eigenvalue weighted by Gasteiger charge is -2.23. The number of aliphatic hydroxyl groups is 1. The van der Waals surface area contributed by atoms with Gasteiger partial charge in [-0.2, -0.15) is 0 Å². The lowest BCUT2D eigenvalue weighted by atomic mass is 10.1. The first kappa shape index (κ1) is 22.8. The number of nitrogens with zero attached hydrogens (tertiary/aromatic N) is 1. The molecule has 1 atom stereocenters. The van der Waals surface area contributed by atoms with Crippen molar-refractivity contribution < 1.29 is 14.6 Å². The van der Waals surface area contributed by atoms with Gasteiger partial charge in [0.05, 0.1) is 26.3 Å². The van der Waals surface area contributed by atoms with E-state index in [4.69, 9.17) is 9.47 Å². The van der Waals surface area contributed by atoms with Crippen molar-refractivity contribution in [3.8, 4) is 11.5 Å². The fourth-order valence-electron chi connectivity index (χ4n) is 2.75. The van der Waals surface area contributed by atoms with Crippen molar-refractivity contribution in [3.05, 3.63) is 46.2 Å². The molecule has 3 rings (SSSR count). The van der Waals surface area contributed by atoms with E-state index in [1.807, 2.05) is 42.6 Å². The maximum Gasteiger partial charge on any atom is 0.191 e. The number of fused-ring (bicyclic) bond motifs is 1. The van der Waals surface area contributed by atoms with E-state index in [1.165, 1.54) is 0 Å². The highest BCUT2D eigenvalue weighted by atomic mass is 127. The van der Waals surface area contributed by atoms with Crippen LogP contribution in [0.2, 0.25) is 0 Å². The van der Waals surface area contributed by atoms with Crippen LogP contribution in [0.25, 0.3) is 0 Å². The summed E-state index contributed by atoms with van der Waals surface area (Å²) in [6.07, 6.45) is 0.890. The fourth-order valence-corrected chi connectivity index (χ4v) is 3.53. The molecular weight excluding hydrogens is 489 g/mol. The zero-order chi connectivity index (χ0) is 19.1. The Bertz CT molecular complexity index is 766. The predicted octanol–water partition coefficient (Wildman–Crippen LogP) is 3.49. The lowest BCUT2D eigenvalue weighted by Crippen LogP contribution is -2.44. The van der Waals surface area contributed by atoms with Gasteiger partial charge in [-0.25, -0.2) is 4.99 Å². The van der Waals surface area contributed by atoms with Gasteiger partial charge in [0.25, 0.3) is 0 Å². The number of aliphatic imine (C=N–C) groups is 1. The number of thiophene rings is 1. The molecule has 0 amide bonds. The van der Waals surface area contributed by atoms with Crippen molar-refractivity contribution in [1.29, 1.82) is 0 Å². The van der Waals surface area contributed by atoms with Gasteiger partial charge in [-0.05, 0) is 43.0 Å². The Morgan fingerprint density at radius 3 is 2.71 bits per heavy atom. The summed E-state index contributed by atoms with van der Waals surface area (Å²) < 4.78 is 11.4. The molecule has 0 saturated heterocycles. The highest BCUT2D eigenvalue weighted by Gasteiger charge is 2.24. The molecule has 2 aromatic rings. The van der Waals surface area contributed by atoms with E-state index in [0.717, 1.165) is 34.9 Å². The van der Waals surface area contributed by atoms with Crippen LogP contribution >= 0.6 is 35.3 Å². The van der Waals surface area contributed by atoms with Crippen LogP contribution in [-0.4, -0.2) is 37.4 Å². The van der Waals surface area contributed by atoms with Crippen LogP contribution in [0.1, 0.15) is 30.7 Å². The van der Waals surface area contributed by atoms with Gasteiger partial charge in [0.15, 0.2) is 17.5 Å². The van der Waals surface area contributed by atoms with Gasteiger partial charge >= 0.3 is 0 Å². The minimum absolute atomic E-state index is 0. The summed E-state index contributed by atoms with van der Waals surface area (Å²) in [5, 5.41) is 19.1. The van der Waals surface area contributed by atoms with E-state index in [9.17, 15) is 5.11 Å². The smallest absolute Gasteiger partial charge is 0.191 e. The number of guanidine groups is 1. The second kappa shape index (κ2) is 10.9. The molecule has 6 nitrogen and oxygen atoms in total. The molecule has 1 aromatic carbocycles. The second-order valence-corrected chi connectivity index (χ2v) is 7.58. The monoisotopic (exact) mass is 517 g/mol. The molecule has 0 bridgehead atoms. The average molecular weight is 517 g/mol. The van der Waals surface area contributed by atoms with E-state index < -0.39 is 5.60 Å². The highest BCUT2D eigenvalue weighted by Crippen LogP contribution is 2.30. The van der Waals surface area contributed by atoms with Crippen molar-refractivity contribution in [2.45, 2.75) is 32.4 Å². The van der Waals surface area contributed by atoms with Crippen LogP contribution in [0.5, 0.6) is 11.5 Å². The first-order valence-electron chi connectivity index (χ1n) is 9.25. The van der Waals surface area contributed by atoms with Crippen LogP contribution in [0, 0.1) is 0 Å². The van der Waals surface area contributed by atoms with Gasteiger partial charge in [-0.1, -0.05) is 12.1 Å². The third-order valence-electron chi connectivity index (χ3n) is 4.23. The van der Waals surface area contributed by atoms with Crippen molar-refractivity contribution in [2.75, 3.05) is 26.3 Å². The Balaban J connectivity index is 0.00000280. The van der Waals surface area contributed by atoms with Gasteiger partial charge in [-0.3, -0.25) is 0 Å². The van der Waals surface area contributed by atoms with Gasteiger partial charge < -0.3 is 25.2 Å². The number of hydrogen-bond acceptors (Lipinski definition) is 5. The third kappa shape index (κ3) is 6.25. The first-order valence-corrected chi connectivity index (χ1v) is 10.1. The summed E-state index contributed by atoms with van der Waals surface area (Å²) in [7, 11) is 0. The number of hydrogen-bond donors (Lipinski definition) is 3. The number of halogens is 1. The maximum absolute atomic E-state index is 10.7. The molecule has 3 N–H and O–H groups in total. The fraction of sp³-hybridized carbons (Fsp3) is 0.450. The van der Waals surface area contributed by atoms with E-state index in [-0.39, 0.29) is 24.0 Å². The van der Waals surface area contributed by atoms with E-state index in [1.54, 1.807) is 18.3 Å². The normalized spacial score (nSPS) is 15.8. The molecule has 0 saturated carbocycles. The highest BCUT2D eigenvalue weighted by molar-refractivity contribution is 14.0. The Hall–Kier alpha value is -1.52. The Kier molecular flexibility index (Phi) is 8.84. The van der Waals surface area contributed by atoms with Crippen LogP contribution in [0.4, 0.5) is 0 Å². The van der Waals surface area contributed by atoms with Crippen molar-refractivity contribution >= 4 is 41.3 Å². The van der Waals surface area contributed by atoms with Gasteiger partial charge in [-0.15, -0.1) is 35.3 Å². The van der Waals surface area contributed by atoms with Gasteiger partial charge in [0.1, 0.15) is 5.60 Å². The predicted molar refractivity (Wildman–Crippen MR) is 124 cm³/mol. The molecule has 2 heterocycles. The summed E-state index contributed by atoms with van der Waals surface area (Å²) in [5.74, 6) is 2.23. The molecule has 1 unspecified atom stereocenters. The molecule has 1 aliphatic heterocycles. The number of nitrogens with one attached hydrogen (secondary N) is 2. The Morgan fingerprint density at radius 1 is 1.21 bits per heavy atom. The minimum Gasteiger partial charge on any atom is -0.490 e. The zero-order valence-electron chi connectivity index (χ0n) is 16.2. The van der Waals surface area contributed by atoms with Gasteiger partial charge in [0, 0.05) is 17.8 Å². The Morgan fingerprint density at radius 2 is 2.00 bits per heavy atom. The molecule has 8 heteroatoms. The minimum atomic E-state index is -0.945. The van der Waals surface area contributed by atoms with E-state index in [2.05, 4.69) is 15.6 Å². The summed E-state index contributed by atoms with van der Waals surface area (Å²) >= 11 is 1.54. The number of ether oxygens (including phenoxy) is 2. The first-order chi connectivity index (χ1) is 13.1. The SMILES string of the molecule is CCNC(=NCc1ccc2c(c1)OCCCO2)NCC(C)(O)c1cccs1.I. The average Bonchev–Trinajstić information content (AvgIpc) is 3.11. The summed E-state index contributed by atoms with van der Waals surface area (Å²) in [5.41, 5.74) is 0.0982. The van der Waals surface area contributed by atoms with Gasteiger partial charge in [0.2, 0.25) is 0 Å². The van der Waals surface area contributed by atoms with Crippen LogP contribution in [0.15, 0.2) is 40.7 Å². The molecule has 1 aliphatic rings. The van der Waals surface area contributed by atoms with Crippen LogP contribution in [-0.2, 0) is 12.1 Å². The largest absolute Gasteiger partial charge is 0.490 e. The van der Waals surface area contributed by atoms with E-state index >= 15 is 0 Å². The Labute approximate surface area is 187 Å². The summed E-state index contributed by atoms with van der Waals surface area (Å²) in [6.45, 7) is 6.80. The molecule has 0 radical (unpaired) electrons. The standard InChI is InChI=1S/C20H27N3O3S.HI/c1-3-21-19(23-14-20(2,24)18-6-4-11-27-18)22-13-15-7-8-16-17(12-15)26-10-5-9-25-16;/h4,6-8,11-12,24H,3,5,9-10,13-14H2,1-2H3,(H2,21,22,23);1H. The number of rotatable bonds is 6. The topological polar surface area (TPSA) is 75.1 Å². The van der Waals surface area contributed by atoms with Crippen molar-refractivity contribution in [1.82, 2.24) is 10.6 Å². The molecular formula is C20H28IN3O3S. The molecule has 1 aromatic heterocycles. The molecule has 0 fully saturated rings. The van der Waals surface area contributed by atoms with Crippen molar-refractivity contribution in [2.24, 2.45) is 4.99 Å². The lowest BCUT2D eigenvalue weighted by molar-refractivity contribution is 0.0655. The molecule has 154 valence electrons.